The topological polar surface area (TPSA) is 64.3 Å². The molecule has 0 fully saturated rings. The fourth-order valence-electron chi connectivity index (χ4n) is 1.48. The fourth-order valence-corrected chi connectivity index (χ4v) is 1.48. The first-order chi connectivity index (χ1) is 9.78. The average Bonchev–Trinajstić information content (AvgIpc) is 2.36. The fraction of sp³-hybridized carbons (Fsp3) is 0.462. The standard InChI is InChI=1S/C13H16F4N2O2/c14-9-3-4-11(10(18)8-9)19-12(20)2-1-6-21-7-5-13(15,16)17/h3-4,8H,1-2,5-7,18H2,(H,19,20). The van der Waals surface area contributed by atoms with Crippen molar-refractivity contribution in [3.05, 3.63) is 24.0 Å². The molecule has 0 radical (unpaired) electrons. The van der Waals surface area contributed by atoms with Crippen molar-refractivity contribution in [1.82, 2.24) is 0 Å². The molecule has 0 aliphatic carbocycles. The minimum atomic E-state index is -4.24. The van der Waals surface area contributed by atoms with Crippen molar-refractivity contribution in [2.75, 3.05) is 24.3 Å². The summed E-state index contributed by atoms with van der Waals surface area (Å²) in [5.41, 5.74) is 5.91. The Morgan fingerprint density at radius 2 is 2.00 bits per heavy atom. The molecule has 1 aromatic rings. The van der Waals surface area contributed by atoms with Gasteiger partial charge in [-0.2, -0.15) is 13.2 Å². The number of halogens is 4. The Hall–Kier alpha value is -1.83. The van der Waals surface area contributed by atoms with Gasteiger partial charge < -0.3 is 15.8 Å². The average molecular weight is 308 g/mol. The van der Waals surface area contributed by atoms with Crippen LogP contribution in [0.5, 0.6) is 0 Å². The maximum Gasteiger partial charge on any atom is 0.391 e. The Morgan fingerprint density at radius 1 is 1.29 bits per heavy atom. The van der Waals surface area contributed by atoms with Gasteiger partial charge in [-0.05, 0) is 24.6 Å². The van der Waals surface area contributed by atoms with E-state index < -0.39 is 25.0 Å². The van der Waals surface area contributed by atoms with Gasteiger partial charge in [0.05, 0.1) is 24.4 Å². The summed E-state index contributed by atoms with van der Waals surface area (Å²) in [6.45, 7) is -0.363. The molecule has 118 valence electrons. The lowest BCUT2D eigenvalue weighted by atomic mass is 10.2. The summed E-state index contributed by atoms with van der Waals surface area (Å²) >= 11 is 0. The second-order valence-electron chi connectivity index (χ2n) is 4.36. The van der Waals surface area contributed by atoms with Gasteiger partial charge in [-0.25, -0.2) is 4.39 Å². The summed E-state index contributed by atoms with van der Waals surface area (Å²) < 4.78 is 53.0. The van der Waals surface area contributed by atoms with Crippen molar-refractivity contribution >= 4 is 17.3 Å². The number of alkyl halides is 3. The van der Waals surface area contributed by atoms with Crippen LogP contribution in [0.4, 0.5) is 28.9 Å². The SMILES string of the molecule is Nc1cc(F)ccc1NC(=O)CCCOCCC(F)(F)F. The van der Waals surface area contributed by atoms with Crippen LogP contribution < -0.4 is 11.1 Å². The van der Waals surface area contributed by atoms with Gasteiger partial charge in [0.1, 0.15) is 5.82 Å². The maximum atomic E-state index is 12.8. The Balaban J connectivity index is 2.20. The molecular formula is C13H16F4N2O2. The number of nitrogens with one attached hydrogen (secondary N) is 1. The number of nitrogen functional groups attached to an aromatic ring is 1. The zero-order valence-corrected chi connectivity index (χ0v) is 11.2. The third-order valence-corrected chi connectivity index (χ3v) is 2.51. The minimum absolute atomic E-state index is 0.0579. The highest BCUT2D eigenvalue weighted by atomic mass is 19.4. The summed E-state index contributed by atoms with van der Waals surface area (Å²) in [7, 11) is 0. The van der Waals surface area contributed by atoms with Crippen LogP contribution in [0.2, 0.25) is 0 Å². The number of rotatable bonds is 7. The molecule has 4 nitrogen and oxygen atoms in total. The molecule has 0 spiro atoms. The van der Waals surface area contributed by atoms with Crippen molar-refractivity contribution in [2.24, 2.45) is 0 Å². The van der Waals surface area contributed by atoms with E-state index in [0.717, 1.165) is 12.1 Å². The van der Waals surface area contributed by atoms with Crippen LogP contribution in [0.15, 0.2) is 18.2 Å². The summed E-state index contributed by atoms with van der Waals surface area (Å²) in [5.74, 6) is -0.878. The molecule has 0 bridgehead atoms. The van der Waals surface area contributed by atoms with Crippen LogP contribution in [0, 0.1) is 5.82 Å². The third-order valence-electron chi connectivity index (χ3n) is 2.51. The quantitative estimate of drug-likeness (QED) is 0.462. The molecule has 0 saturated heterocycles. The van der Waals surface area contributed by atoms with E-state index in [-0.39, 0.29) is 31.0 Å². The number of carbonyl (C=O) groups excluding carboxylic acids is 1. The molecule has 1 amide bonds. The van der Waals surface area contributed by atoms with Crippen LogP contribution in [-0.2, 0) is 9.53 Å². The van der Waals surface area contributed by atoms with Gasteiger partial charge in [-0.15, -0.1) is 0 Å². The molecule has 0 atom stereocenters. The van der Waals surface area contributed by atoms with E-state index in [1.165, 1.54) is 6.07 Å². The molecule has 0 heterocycles. The Bertz CT molecular complexity index is 478. The molecule has 0 saturated carbocycles. The van der Waals surface area contributed by atoms with Crippen molar-refractivity contribution in [1.29, 1.82) is 0 Å². The van der Waals surface area contributed by atoms with Gasteiger partial charge >= 0.3 is 6.18 Å². The highest BCUT2D eigenvalue weighted by Gasteiger charge is 2.26. The number of hydrogen-bond donors (Lipinski definition) is 2. The van der Waals surface area contributed by atoms with E-state index in [1.807, 2.05) is 0 Å². The Morgan fingerprint density at radius 3 is 2.62 bits per heavy atom. The molecule has 1 rings (SSSR count). The molecule has 0 aliphatic heterocycles. The van der Waals surface area contributed by atoms with Crippen molar-refractivity contribution in [3.8, 4) is 0 Å². The van der Waals surface area contributed by atoms with Crippen LogP contribution >= 0.6 is 0 Å². The first-order valence-corrected chi connectivity index (χ1v) is 6.27. The minimum Gasteiger partial charge on any atom is -0.397 e. The molecular weight excluding hydrogens is 292 g/mol. The molecule has 0 unspecified atom stereocenters. The summed E-state index contributed by atoms with van der Waals surface area (Å²) in [5, 5.41) is 2.49. The normalized spacial score (nSPS) is 11.4. The van der Waals surface area contributed by atoms with Gasteiger partial charge in [0.25, 0.3) is 0 Å². The molecule has 8 heteroatoms. The number of anilines is 2. The van der Waals surface area contributed by atoms with E-state index in [0.29, 0.717) is 5.69 Å². The van der Waals surface area contributed by atoms with Gasteiger partial charge in [-0.3, -0.25) is 4.79 Å². The second-order valence-corrected chi connectivity index (χ2v) is 4.36. The highest BCUT2D eigenvalue weighted by Crippen LogP contribution is 2.20. The van der Waals surface area contributed by atoms with Crippen molar-refractivity contribution in [2.45, 2.75) is 25.4 Å². The van der Waals surface area contributed by atoms with Crippen LogP contribution in [0.25, 0.3) is 0 Å². The first-order valence-electron chi connectivity index (χ1n) is 6.27. The van der Waals surface area contributed by atoms with E-state index in [2.05, 4.69) is 5.32 Å². The Kier molecular flexibility index (Phi) is 6.41. The predicted octanol–water partition coefficient (Wildman–Crippen LogP) is 3.10. The van der Waals surface area contributed by atoms with Crippen LogP contribution in [0.1, 0.15) is 19.3 Å². The third kappa shape index (κ3) is 7.50. The second kappa shape index (κ2) is 7.82. The first kappa shape index (κ1) is 17.2. The molecule has 0 aliphatic rings. The zero-order valence-electron chi connectivity index (χ0n) is 11.2. The molecule has 0 aromatic heterocycles. The van der Waals surface area contributed by atoms with E-state index in [4.69, 9.17) is 10.5 Å². The van der Waals surface area contributed by atoms with Gasteiger partial charge in [0.15, 0.2) is 0 Å². The zero-order chi connectivity index (χ0) is 15.9. The highest BCUT2D eigenvalue weighted by molar-refractivity contribution is 5.93. The van der Waals surface area contributed by atoms with Crippen LogP contribution in [-0.4, -0.2) is 25.3 Å². The van der Waals surface area contributed by atoms with Crippen LogP contribution in [0.3, 0.4) is 0 Å². The van der Waals surface area contributed by atoms with E-state index in [9.17, 15) is 22.4 Å². The van der Waals surface area contributed by atoms with E-state index in [1.54, 1.807) is 0 Å². The Labute approximate surface area is 119 Å². The number of hydrogen-bond acceptors (Lipinski definition) is 3. The number of ether oxygens (including phenoxy) is 1. The van der Waals surface area contributed by atoms with Crippen molar-refractivity contribution < 1.29 is 27.1 Å². The summed E-state index contributed by atoms with van der Waals surface area (Å²) in [6.07, 6.45) is -4.89. The molecule has 3 N–H and O–H groups in total. The van der Waals surface area contributed by atoms with E-state index >= 15 is 0 Å². The number of nitrogens with two attached hydrogens (primary N) is 1. The number of carbonyl (C=O) groups is 1. The molecule has 21 heavy (non-hydrogen) atoms. The lowest BCUT2D eigenvalue weighted by Gasteiger charge is -2.09. The maximum absolute atomic E-state index is 12.8. The largest absolute Gasteiger partial charge is 0.397 e. The predicted molar refractivity (Wildman–Crippen MR) is 70.2 cm³/mol. The summed E-state index contributed by atoms with van der Waals surface area (Å²) in [4.78, 5) is 11.5. The molecule has 1 aromatic carbocycles. The number of amides is 1. The summed E-state index contributed by atoms with van der Waals surface area (Å²) in [6, 6.07) is 3.57. The lowest BCUT2D eigenvalue weighted by Crippen LogP contribution is -2.15. The van der Waals surface area contributed by atoms with Gasteiger partial charge in [0.2, 0.25) is 5.91 Å². The van der Waals surface area contributed by atoms with Crippen molar-refractivity contribution in [3.63, 3.8) is 0 Å². The lowest BCUT2D eigenvalue weighted by molar-refractivity contribution is -0.145. The van der Waals surface area contributed by atoms with Gasteiger partial charge in [0, 0.05) is 13.0 Å². The smallest absolute Gasteiger partial charge is 0.391 e. The van der Waals surface area contributed by atoms with Gasteiger partial charge in [-0.1, -0.05) is 0 Å². The number of benzene rings is 1. The monoisotopic (exact) mass is 308 g/mol.